The van der Waals surface area contributed by atoms with Gasteiger partial charge < -0.3 is 20.1 Å². The number of hydrogen-bond acceptors (Lipinski definition) is 4. The number of amides is 1. The Labute approximate surface area is 126 Å². The predicted octanol–water partition coefficient (Wildman–Crippen LogP) is 2.05. The number of rotatable bonds is 4. The molecule has 2 atom stereocenters. The summed E-state index contributed by atoms with van der Waals surface area (Å²) in [6, 6.07) is 5.33. The standard InChI is InChI=1S/C16H24N2O3/c1-11(17)14-6-4-5-9-18(14)16(19)13-10-12(20-2)7-8-15(13)21-3/h7-8,10-11,14H,4-6,9,17H2,1-3H3. The minimum absolute atomic E-state index is 0.0345. The molecule has 0 radical (unpaired) electrons. The molecule has 1 saturated heterocycles. The van der Waals surface area contributed by atoms with Gasteiger partial charge in [0, 0.05) is 18.6 Å². The molecule has 116 valence electrons. The molecule has 1 heterocycles. The van der Waals surface area contributed by atoms with E-state index >= 15 is 0 Å². The number of carbonyl (C=O) groups is 1. The summed E-state index contributed by atoms with van der Waals surface area (Å²) >= 11 is 0. The van der Waals surface area contributed by atoms with E-state index in [2.05, 4.69) is 0 Å². The van der Waals surface area contributed by atoms with Crippen molar-refractivity contribution in [3.63, 3.8) is 0 Å². The minimum atomic E-state index is -0.0362. The van der Waals surface area contributed by atoms with Crippen molar-refractivity contribution in [3.05, 3.63) is 23.8 Å². The fourth-order valence-electron chi connectivity index (χ4n) is 2.89. The first kappa shape index (κ1) is 15.6. The van der Waals surface area contributed by atoms with Crippen molar-refractivity contribution in [1.29, 1.82) is 0 Å². The largest absolute Gasteiger partial charge is 0.497 e. The van der Waals surface area contributed by atoms with E-state index in [1.165, 1.54) is 0 Å². The molecule has 5 heteroatoms. The quantitative estimate of drug-likeness (QED) is 0.922. The summed E-state index contributed by atoms with van der Waals surface area (Å²) < 4.78 is 10.5. The van der Waals surface area contributed by atoms with Crippen LogP contribution in [-0.2, 0) is 0 Å². The normalized spacial score (nSPS) is 20.0. The Balaban J connectivity index is 2.33. The van der Waals surface area contributed by atoms with Gasteiger partial charge in [-0.2, -0.15) is 0 Å². The summed E-state index contributed by atoms with van der Waals surface area (Å²) in [4.78, 5) is 14.8. The Morgan fingerprint density at radius 1 is 1.33 bits per heavy atom. The second-order valence-corrected chi connectivity index (χ2v) is 5.49. The second kappa shape index (κ2) is 6.80. The zero-order valence-corrected chi connectivity index (χ0v) is 13.0. The maximum absolute atomic E-state index is 12.9. The van der Waals surface area contributed by atoms with Crippen LogP contribution in [0.3, 0.4) is 0 Å². The fourth-order valence-corrected chi connectivity index (χ4v) is 2.89. The topological polar surface area (TPSA) is 64.8 Å². The Bertz CT molecular complexity index is 502. The zero-order valence-electron chi connectivity index (χ0n) is 13.0. The van der Waals surface area contributed by atoms with Gasteiger partial charge in [-0.1, -0.05) is 0 Å². The van der Waals surface area contributed by atoms with Gasteiger partial charge in [0.05, 0.1) is 19.8 Å². The van der Waals surface area contributed by atoms with Gasteiger partial charge in [-0.3, -0.25) is 4.79 Å². The number of piperidine rings is 1. The summed E-state index contributed by atoms with van der Waals surface area (Å²) in [5.74, 6) is 1.18. The molecule has 2 unspecified atom stereocenters. The van der Waals surface area contributed by atoms with Crippen molar-refractivity contribution in [1.82, 2.24) is 4.90 Å². The van der Waals surface area contributed by atoms with Crippen LogP contribution in [-0.4, -0.2) is 43.7 Å². The third-order valence-corrected chi connectivity index (χ3v) is 4.05. The molecule has 0 aromatic heterocycles. The van der Waals surface area contributed by atoms with Crippen LogP contribution in [0.4, 0.5) is 0 Å². The monoisotopic (exact) mass is 292 g/mol. The molecular weight excluding hydrogens is 268 g/mol. The molecule has 0 bridgehead atoms. The number of benzene rings is 1. The van der Waals surface area contributed by atoms with E-state index in [0.717, 1.165) is 25.8 Å². The average Bonchev–Trinajstić information content (AvgIpc) is 2.53. The molecule has 1 aliphatic rings. The molecule has 2 N–H and O–H groups in total. The third-order valence-electron chi connectivity index (χ3n) is 4.05. The lowest BCUT2D eigenvalue weighted by Gasteiger charge is -2.38. The fraction of sp³-hybridized carbons (Fsp3) is 0.562. The molecule has 2 rings (SSSR count). The first-order valence-electron chi connectivity index (χ1n) is 7.37. The van der Waals surface area contributed by atoms with E-state index in [1.807, 2.05) is 11.8 Å². The second-order valence-electron chi connectivity index (χ2n) is 5.49. The summed E-state index contributed by atoms with van der Waals surface area (Å²) in [6.45, 7) is 2.70. The predicted molar refractivity (Wildman–Crippen MR) is 81.9 cm³/mol. The number of nitrogens with two attached hydrogens (primary N) is 1. The van der Waals surface area contributed by atoms with Gasteiger partial charge in [-0.25, -0.2) is 0 Å². The van der Waals surface area contributed by atoms with Crippen LogP contribution < -0.4 is 15.2 Å². The SMILES string of the molecule is COc1ccc(OC)c(C(=O)N2CCCCC2C(C)N)c1. The van der Waals surface area contributed by atoms with Crippen molar-refractivity contribution in [2.24, 2.45) is 5.73 Å². The van der Waals surface area contributed by atoms with Gasteiger partial charge in [0.2, 0.25) is 0 Å². The van der Waals surface area contributed by atoms with Crippen LogP contribution in [0.25, 0.3) is 0 Å². The summed E-state index contributed by atoms with van der Waals surface area (Å²) in [6.07, 6.45) is 3.09. The van der Waals surface area contributed by atoms with Crippen LogP contribution >= 0.6 is 0 Å². The molecular formula is C16H24N2O3. The Hall–Kier alpha value is -1.75. The maximum Gasteiger partial charge on any atom is 0.258 e. The first-order chi connectivity index (χ1) is 10.1. The van der Waals surface area contributed by atoms with Crippen LogP contribution in [0, 0.1) is 0 Å². The van der Waals surface area contributed by atoms with Gasteiger partial charge >= 0.3 is 0 Å². The smallest absolute Gasteiger partial charge is 0.258 e. The molecule has 1 fully saturated rings. The summed E-state index contributed by atoms with van der Waals surface area (Å²) in [5.41, 5.74) is 6.58. The van der Waals surface area contributed by atoms with Gasteiger partial charge in [-0.05, 0) is 44.4 Å². The van der Waals surface area contributed by atoms with Crippen molar-refractivity contribution in [2.75, 3.05) is 20.8 Å². The Kier molecular flexibility index (Phi) is 5.07. The zero-order chi connectivity index (χ0) is 15.4. The van der Waals surface area contributed by atoms with Crippen molar-refractivity contribution in [2.45, 2.75) is 38.3 Å². The third kappa shape index (κ3) is 3.29. The number of methoxy groups -OCH3 is 2. The van der Waals surface area contributed by atoms with E-state index in [4.69, 9.17) is 15.2 Å². The van der Waals surface area contributed by atoms with Gasteiger partial charge in [-0.15, -0.1) is 0 Å². The van der Waals surface area contributed by atoms with E-state index in [9.17, 15) is 4.79 Å². The molecule has 0 aliphatic carbocycles. The molecule has 0 spiro atoms. The van der Waals surface area contributed by atoms with Crippen LogP contribution in [0.2, 0.25) is 0 Å². The van der Waals surface area contributed by atoms with Crippen molar-refractivity contribution >= 4 is 5.91 Å². The van der Waals surface area contributed by atoms with Crippen molar-refractivity contribution < 1.29 is 14.3 Å². The van der Waals surface area contributed by atoms with E-state index in [0.29, 0.717) is 17.1 Å². The molecule has 21 heavy (non-hydrogen) atoms. The van der Waals surface area contributed by atoms with E-state index in [1.54, 1.807) is 32.4 Å². The van der Waals surface area contributed by atoms with Crippen LogP contribution in [0.1, 0.15) is 36.5 Å². The minimum Gasteiger partial charge on any atom is -0.497 e. The number of nitrogens with zero attached hydrogens (tertiary/aromatic N) is 1. The molecule has 1 amide bonds. The van der Waals surface area contributed by atoms with E-state index < -0.39 is 0 Å². The lowest BCUT2D eigenvalue weighted by atomic mass is 9.96. The average molecular weight is 292 g/mol. The number of hydrogen-bond donors (Lipinski definition) is 1. The highest BCUT2D eigenvalue weighted by Gasteiger charge is 2.31. The highest BCUT2D eigenvalue weighted by molar-refractivity contribution is 5.97. The summed E-state index contributed by atoms with van der Waals surface area (Å²) in [7, 11) is 3.15. The highest BCUT2D eigenvalue weighted by Crippen LogP contribution is 2.28. The van der Waals surface area contributed by atoms with Gasteiger partial charge in [0.15, 0.2) is 0 Å². The number of carbonyl (C=O) groups excluding carboxylic acids is 1. The lowest BCUT2D eigenvalue weighted by Crippen LogP contribution is -2.51. The Morgan fingerprint density at radius 2 is 2.10 bits per heavy atom. The maximum atomic E-state index is 12.9. The number of ether oxygens (including phenoxy) is 2. The summed E-state index contributed by atoms with van der Waals surface area (Å²) in [5, 5.41) is 0. The molecule has 5 nitrogen and oxygen atoms in total. The first-order valence-corrected chi connectivity index (χ1v) is 7.37. The molecule has 1 aromatic carbocycles. The number of likely N-dealkylation sites (tertiary alicyclic amines) is 1. The Morgan fingerprint density at radius 3 is 2.71 bits per heavy atom. The van der Waals surface area contributed by atoms with Crippen LogP contribution in [0.5, 0.6) is 11.5 Å². The van der Waals surface area contributed by atoms with Gasteiger partial charge in [0.1, 0.15) is 11.5 Å². The molecule has 0 saturated carbocycles. The van der Waals surface area contributed by atoms with Crippen LogP contribution in [0.15, 0.2) is 18.2 Å². The lowest BCUT2D eigenvalue weighted by molar-refractivity contribution is 0.0580. The highest BCUT2D eigenvalue weighted by atomic mass is 16.5. The molecule has 1 aromatic rings. The molecule has 1 aliphatic heterocycles. The van der Waals surface area contributed by atoms with E-state index in [-0.39, 0.29) is 18.0 Å². The van der Waals surface area contributed by atoms with Gasteiger partial charge in [0.25, 0.3) is 5.91 Å². The van der Waals surface area contributed by atoms with Crippen molar-refractivity contribution in [3.8, 4) is 11.5 Å².